The summed E-state index contributed by atoms with van der Waals surface area (Å²) in [6.07, 6.45) is 2.99. The molecule has 3 nitrogen and oxygen atoms in total. The second kappa shape index (κ2) is 3.52. The molecular formula is C11H7F2NO2. The summed E-state index contributed by atoms with van der Waals surface area (Å²) in [5, 5.41) is 9.63. The molecule has 1 N–H and O–H groups in total. The molecule has 0 saturated heterocycles. The number of carboxylic acid groups (broad SMARTS) is 1. The lowest BCUT2D eigenvalue weighted by Gasteiger charge is -2.11. The molecule has 0 aliphatic rings. The summed E-state index contributed by atoms with van der Waals surface area (Å²) < 4.78 is 26.4. The average Bonchev–Trinajstić information content (AvgIpc) is 2.28. The third kappa shape index (κ3) is 1.60. The summed E-state index contributed by atoms with van der Waals surface area (Å²) in [7, 11) is 0. The Balaban J connectivity index is 2.59. The third-order valence-corrected chi connectivity index (χ3v) is 2.27. The van der Waals surface area contributed by atoms with Crippen molar-refractivity contribution in [3.63, 3.8) is 0 Å². The molecule has 0 unspecified atom stereocenters. The molecule has 1 aromatic carbocycles. The molecule has 0 fully saturated rings. The van der Waals surface area contributed by atoms with Crippen LogP contribution in [0.3, 0.4) is 0 Å². The van der Waals surface area contributed by atoms with Crippen molar-refractivity contribution in [2.45, 2.75) is 5.92 Å². The van der Waals surface area contributed by atoms with Crippen molar-refractivity contribution >= 4 is 16.7 Å². The van der Waals surface area contributed by atoms with Crippen LogP contribution in [0.1, 0.15) is 5.56 Å². The number of carbonyl (C=O) groups is 1. The molecule has 2 rings (SSSR count). The molecule has 0 aliphatic heterocycles. The van der Waals surface area contributed by atoms with Crippen LogP contribution in [-0.2, 0) is 10.7 Å². The molecule has 1 aromatic heterocycles. The van der Waals surface area contributed by atoms with Gasteiger partial charge in [0.2, 0.25) is 0 Å². The second-order valence-corrected chi connectivity index (χ2v) is 3.32. The zero-order valence-corrected chi connectivity index (χ0v) is 8.02. The number of rotatable bonds is 2. The van der Waals surface area contributed by atoms with Crippen LogP contribution in [0, 0.1) is 0 Å². The smallest absolute Gasteiger partial charge is 0.379 e. The zero-order valence-electron chi connectivity index (χ0n) is 8.02. The lowest BCUT2D eigenvalue weighted by atomic mass is 10.0. The Morgan fingerprint density at radius 1 is 1.25 bits per heavy atom. The molecule has 1 heterocycles. The van der Waals surface area contributed by atoms with Crippen LogP contribution in [0.25, 0.3) is 10.8 Å². The van der Waals surface area contributed by atoms with E-state index in [1.165, 1.54) is 18.5 Å². The van der Waals surface area contributed by atoms with Crippen LogP contribution in [0.15, 0.2) is 36.7 Å². The summed E-state index contributed by atoms with van der Waals surface area (Å²) in [6.45, 7) is 0. The van der Waals surface area contributed by atoms with Gasteiger partial charge in [-0.3, -0.25) is 4.98 Å². The van der Waals surface area contributed by atoms with Crippen molar-refractivity contribution in [1.29, 1.82) is 0 Å². The van der Waals surface area contributed by atoms with Gasteiger partial charge in [-0.15, -0.1) is 0 Å². The van der Waals surface area contributed by atoms with Crippen LogP contribution in [0.4, 0.5) is 8.78 Å². The first-order valence-electron chi connectivity index (χ1n) is 4.47. The normalized spacial score (nSPS) is 11.6. The number of aliphatic carboxylic acids is 1. The molecule has 0 amide bonds. The van der Waals surface area contributed by atoms with E-state index in [0.717, 1.165) is 12.1 Å². The number of benzene rings is 1. The van der Waals surface area contributed by atoms with Gasteiger partial charge in [-0.1, -0.05) is 12.1 Å². The zero-order chi connectivity index (χ0) is 11.8. The van der Waals surface area contributed by atoms with Crippen molar-refractivity contribution in [2.24, 2.45) is 0 Å². The van der Waals surface area contributed by atoms with Crippen molar-refractivity contribution in [1.82, 2.24) is 4.98 Å². The highest BCUT2D eigenvalue weighted by molar-refractivity contribution is 5.85. The van der Waals surface area contributed by atoms with Crippen LogP contribution < -0.4 is 0 Å². The van der Waals surface area contributed by atoms with E-state index in [1.54, 1.807) is 6.07 Å². The number of nitrogens with zero attached hydrogens (tertiary/aromatic N) is 1. The van der Waals surface area contributed by atoms with Gasteiger partial charge in [0.15, 0.2) is 0 Å². The Morgan fingerprint density at radius 2 is 2.00 bits per heavy atom. The van der Waals surface area contributed by atoms with Gasteiger partial charge < -0.3 is 5.11 Å². The van der Waals surface area contributed by atoms with E-state index in [0.29, 0.717) is 10.8 Å². The van der Waals surface area contributed by atoms with Gasteiger partial charge in [-0.2, -0.15) is 8.78 Å². The molecule has 0 radical (unpaired) electrons. The monoisotopic (exact) mass is 223 g/mol. The van der Waals surface area contributed by atoms with E-state index in [-0.39, 0.29) is 0 Å². The SMILES string of the molecule is O=C(O)C(F)(F)c1ccc2cnccc2c1. The van der Waals surface area contributed by atoms with Gasteiger partial charge in [0.05, 0.1) is 0 Å². The number of fused-ring (bicyclic) bond motifs is 1. The highest BCUT2D eigenvalue weighted by Crippen LogP contribution is 2.30. The van der Waals surface area contributed by atoms with Crippen LogP contribution >= 0.6 is 0 Å². The minimum absolute atomic E-state index is 0.529. The maximum absolute atomic E-state index is 13.2. The average molecular weight is 223 g/mol. The first kappa shape index (κ1) is 10.5. The lowest BCUT2D eigenvalue weighted by molar-refractivity contribution is -0.166. The fourth-order valence-corrected chi connectivity index (χ4v) is 1.40. The number of alkyl halides is 2. The van der Waals surface area contributed by atoms with Crippen molar-refractivity contribution in [3.8, 4) is 0 Å². The van der Waals surface area contributed by atoms with E-state index < -0.39 is 17.5 Å². The molecular weight excluding hydrogens is 216 g/mol. The summed E-state index contributed by atoms with van der Waals surface area (Å²) >= 11 is 0. The highest BCUT2D eigenvalue weighted by Gasteiger charge is 2.40. The van der Waals surface area contributed by atoms with E-state index in [2.05, 4.69) is 4.98 Å². The summed E-state index contributed by atoms with van der Waals surface area (Å²) in [6, 6.07) is 5.23. The first-order chi connectivity index (χ1) is 7.51. The first-order valence-corrected chi connectivity index (χ1v) is 4.47. The number of hydrogen-bond acceptors (Lipinski definition) is 2. The fraction of sp³-hybridized carbons (Fsp3) is 0.0909. The summed E-state index contributed by atoms with van der Waals surface area (Å²) in [4.78, 5) is 14.2. The fourth-order valence-electron chi connectivity index (χ4n) is 1.40. The van der Waals surface area contributed by atoms with Crippen LogP contribution in [0.2, 0.25) is 0 Å². The Kier molecular flexibility index (Phi) is 2.30. The predicted molar refractivity (Wildman–Crippen MR) is 53.3 cm³/mol. The molecule has 0 saturated carbocycles. The Hall–Kier alpha value is -2.04. The standard InChI is InChI=1S/C11H7F2NO2/c12-11(13,10(15)16)9-2-1-8-6-14-4-3-7(8)5-9/h1-6H,(H,15,16). The van der Waals surface area contributed by atoms with Gasteiger partial charge in [-0.25, -0.2) is 4.79 Å². The molecule has 0 spiro atoms. The topological polar surface area (TPSA) is 50.2 Å². The number of carboxylic acids is 1. The molecule has 2 aromatic rings. The van der Waals surface area contributed by atoms with Gasteiger partial charge in [0.25, 0.3) is 0 Å². The molecule has 0 atom stereocenters. The molecule has 82 valence electrons. The third-order valence-electron chi connectivity index (χ3n) is 2.27. The highest BCUT2D eigenvalue weighted by atomic mass is 19.3. The van der Waals surface area contributed by atoms with Crippen molar-refractivity contribution in [3.05, 3.63) is 42.2 Å². The Labute approximate surface area is 89.3 Å². The summed E-state index contributed by atoms with van der Waals surface area (Å²) in [5.74, 6) is -6.02. The lowest BCUT2D eigenvalue weighted by Crippen LogP contribution is -2.25. The Bertz CT molecular complexity index is 554. The van der Waals surface area contributed by atoms with Crippen molar-refractivity contribution < 1.29 is 18.7 Å². The number of hydrogen-bond donors (Lipinski definition) is 1. The van der Waals surface area contributed by atoms with Gasteiger partial charge in [0.1, 0.15) is 0 Å². The maximum atomic E-state index is 13.2. The Morgan fingerprint density at radius 3 is 2.69 bits per heavy atom. The van der Waals surface area contributed by atoms with Crippen LogP contribution in [0.5, 0.6) is 0 Å². The quantitative estimate of drug-likeness (QED) is 0.850. The molecule has 0 aliphatic carbocycles. The van der Waals surface area contributed by atoms with E-state index in [9.17, 15) is 13.6 Å². The van der Waals surface area contributed by atoms with Crippen LogP contribution in [-0.4, -0.2) is 16.1 Å². The number of halogens is 2. The second-order valence-electron chi connectivity index (χ2n) is 3.32. The minimum atomic E-state index is -3.86. The van der Waals surface area contributed by atoms with E-state index in [1.807, 2.05) is 0 Å². The minimum Gasteiger partial charge on any atom is -0.477 e. The van der Waals surface area contributed by atoms with Gasteiger partial charge in [-0.05, 0) is 17.5 Å². The largest absolute Gasteiger partial charge is 0.477 e. The van der Waals surface area contributed by atoms with Gasteiger partial charge >= 0.3 is 11.9 Å². The number of aromatic nitrogens is 1. The summed E-state index contributed by atoms with van der Waals surface area (Å²) in [5.41, 5.74) is -0.529. The maximum Gasteiger partial charge on any atom is 0.379 e. The van der Waals surface area contributed by atoms with E-state index in [4.69, 9.17) is 5.11 Å². The van der Waals surface area contributed by atoms with Gasteiger partial charge in [0, 0.05) is 23.3 Å². The van der Waals surface area contributed by atoms with Crippen molar-refractivity contribution in [2.75, 3.05) is 0 Å². The number of pyridine rings is 1. The predicted octanol–water partition coefficient (Wildman–Crippen LogP) is 2.41. The molecule has 0 bridgehead atoms. The molecule has 16 heavy (non-hydrogen) atoms. The van der Waals surface area contributed by atoms with E-state index >= 15 is 0 Å². The molecule has 5 heteroatoms.